The summed E-state index contributed by atoms with van der Waals surface area (Å²) in [5.41, 5.74) is 0. The Morgan fingerprint density at radius 3 is 1.68 bits per heavy atom. The van der Waals surface area contributed by atoms with E-state index in [0.717, 1.165) is 0 Å². The van der Waals surface area contributed by atoms with Crippen LogP contribution in [0.15, 0.2) is 0 Å². The van der Waals surface area contributed by atoms with E-state index < -0.39 is 51.6 Å². The number of hydrogen-bond acceptors (Lipinski definition) is 6. The van der Waals surface area contributed by atoms with E-state index in [9.17, 15) is 4.79 Å². The Labute approximate surface area is 176 Å². The van der Waals surface area contributed by atoms with Crippen LogP contribution in [-0.4, -0.2) is 70.3 Å². The summed E-state index contributed by atoms with van der Waals surface area (Å²) in [5, 5.41) is 0. The molecule has 0 aromatic rings. The van der Waals surface area contributed by atoms with Crippen LogP contribution in [0.25, 0.3) is 0 Å². The Balaban J connectivity index is 3.20. The maximum Gasteiger partial charge on any atom is 0.337 e. The highest BCUT2D eigenvalue weighted by atomic mass is 28.4. The molecule has 0 spiro atoms. The zero-order valence-electron chi connectivity index (χ0n) is 20.0. The summed E-state index contributed by atoms with van der Waals surface area (Å²) in [6.07, 6.45) is -2.01. The lowest BCUT2D eigenvalue weighted by molar-refractivity contribution is -0.150. The Hall–Kier alpha value is 0.178. The van der Waals surface area contributed by atoms with Gasteiger partial charge >= 0.3 is 5.97 Å². The van der Waals surface area contributed by atoms with Crippen molar-refractivity contribution in [3.63, 3.8) is 0 Å². The number of rotatable bonds is 10. The van der Waals surface area contributed by atoms with Gasteiger partial charge in [-0.05, 0) is 78.6 Å². The normalized spacial score (nSPS) is 25.7. The molecule has 1 heterocycles. The summed E-state index contributed by atoms with van der Waals surface area (Å²) >= 11 is 0. The van der Waals surface area contributed by atoms with Crippen molar-refractivity contribution < 1.29 is 27.2 Å². The lowest BCUT2D eigenvalue weighted by Crippen LogP contribution is -2.53. The molecule has 1 aliphatic rings. The predicted molar refractivity (Wildman–Crippen MR) is 124 cm³/mol. The van der Waals surface area contributed by atoms with Gasteiger partial charge in [0.05, 0.1) is 6.61 Å². The average molecular weight is 467 g/mol. The van der Waals surface area contributed by atoms with Crippen LogP contribution in [-0.2, 0) is 27.2 Å². The Kier molecular flexibility index (Phi) is 8.54. The quantitative estimate of drug-likeness (QED) is 0.351. The van der Waals surface area contributed by atoms with Crippen LogP contribution in [0.4, 0.5) is 0 Å². The van der Waals surface area contributed by atoms with Crippen LogP contribution in [0.2, 0.25) is 78.6 Å². The Morgan fingerprint density at radius 2 is 1.29 bits per heavy atom. The van der Waals surface area contributed by atoms with Crippen molar-refractivity contribution in [2.24, 2.45) is 0 Å². The fourth-order valence-corrected chi connectivity index (χ4v) is 6.72. The van der Waals surface area contributed by atoms with Gasteiger partial charge in [-0.25, -0.2) is 4.79 Å². The standard InChI is InChI=1S/C18H42O6Si4/c1-25(2,3)20-13-14(22-26(4,5)6)15-16(23-27(7,8)9)17(18(19)21-15)24-28(10,11)12/h14-17H,13H2,1-12H3/t14-,15-,16+,17-/m1/s1. The first-order valence-corrected chi connectivity index (χ1v) is 23.8. The minimum atomic E-state index is -1.96. The van der Waals surface area contributed by atoms with Crippen LogP contribution in [0.5, 0.6) is 0 Å². The van der Waals surface area contributed by atoms with E-state index in [1.165, 1.54) is 0 Å². The first kappa shape index (κ1) is 26.2. The van der Waals surface area contributed by atoms with Crippen molar-refractivity contribution in [2.45, 2.75) is 103 Å². The molecule has 0 unspecified atom stereocenters. The molecule has 166 valence electrons. The minimum absolute atomic E-state index is 0.340. The van der Waals surface area contributed by atoms with Gasteiger partial charge in [-0.3, -0.25) is 0 Å². The molecule has 1 saturated heterocycles. The highest BCUT2D eigenvalue weighted by Crippen LogP contribution is 2.31. The maximum atomic E-state index is 12.8. The SMILES string of the molecule is C[Si](C)(C)OC[C@@H](O[Si](C)(C)C)[C@H]1OC(=O)[C@H](O[Si](C)(C)C)[C@H]1O[Si](C)(C)C. The molecular weight excluding hydrogens is 425 g/mol. The van der Waals surface area contributed by atoms with Gasteiger partial charge in [0.15, 0.2) is 45.5 Å². The van der Waals surface area contributed by atoms with Crippen molar-refractivity contribution in [1.82, 2.24) is 0 Å². The topological polar surface area (TPSA) is 63.2 Å². The lowest BCUT2D eigenvalue weighted by Gasteiger charge is -2.36. The summed E-state index contributed by atoms with van der Waals surface area (Å²) in [5.74, 6) is -0.340. The van der Waals surface area contributed by atoms with Crippen molar-refractivity contribution >= 4 is 39.2 Å². The summed E-state index contributed by atoms with van der Waals surface area (Å²) in [6.45, 7) is 25.8. The largest absolute Gasteiger partial charge is 0.455 e. The molecule has 0 aliphatic carbocycles. The Bertz CT molecular complexity index is 530. The summed E-state index contributed by atoms with van der Waals surface area (Å²) in [7, 11) is -7.56. The van der Waals surface area contributed by atoms with E-state index in [-0.39, 0.29) is 12.1 Å². The molecule has 28 heavy (non-hydrogen) atoms. The van der Waals surface area contributed by atoms with Crippen molar-refractivity contribution in [1.29, 1.82) is 0 Å². The van der Waals surface area contributed by atoms with Crippen molar-refractivity contribution in [3.8, 4) is 0 Å². The van der Waals surface area contributed by atoms with Crippen molar-refractivity contribution in [2.75, 3.05) is 6.61 Å². The van der Waals surface area contributed by atoms with Gasteiger partial charge < -0.3 is 22.4 Å². The number of esters is 1. The molecule has 0 saturated carbocycles. The second-order valence-electron chi connectivity index (χ2n) is 11.4. The molecule has 10 heteroatoms. The van der Waals surface area contributed by atoms with E-state index >= 15 is 0 Å². The highest BCUT2D eigenvalue weighted by molar-refractivity contribution is 6.71. The molecule has 1 fully saturated rings. The average Bonchev–Trinajstić information content (AvgIpc) is 2.66. The van der Waals surface area contributed by atoms with E-state index in [4.69, 9.17) is 22.4 Å². The van der Waals surface area contributed by atoms with Gasteiger partial charge in [-0.2, -0.15) is 0 Å². The minimum Gasteiger partial charge on any atom is -0.455 e. The van der Waals surface area contributed by atoms with Crippen LogP contribution in [0, 0.1) is 0 Å². The van der Waals surface area contributed by atoms with Crippen LogP contribution < -0.4 is 0 Å². The molecule has 0 N–H and O–H groups in total. The molecule has 0 aromatic carbocycles. The monoisotopic (exact) mass is 466 g/mol. The first-order chi connectivity index (χ1) is 12.3. The third-order valence-corrected chi connectivity index (χ3v) is 7.61. The predicted octanol–water partition coefficient (Wildman–Crippen LogP) is 4.42. The van der Waals surface area contributed by atoms with Crippen LogP contribution in [0.1, 0.15) is 0 Å². The summed E-state index contributed by atoms with van der Waals surface area (Å²) < 4.78 is 31.1. The second-order valence-corrected chi connectivity index (χ2v) is 29.3. The second kappa shape index (κ2) is 9.12. The van der Waals surface area contributed by atoms with E-state index in [1.807, 2.05) is 0 Å². The number of ether oxygens (including phenoxy) is 1. The van der Waals surface area contributed by atoms with Crippen molar-refractivity contribution in [3.05, 3.63) is 0 Å². The zero-order chi connectivity index (χ0) is 22.1. The van der Waals surface area contributed by atoms with E-state index in [1.54, 1.807) is 0 Å². The van der Waals surface area contributed by atoms with Crippen LogP contribution in [0.3, 0.4) is 0 Å². The summed E-state index contributed by atoms with van der Waals surface area (Å²) in [6, 6.07) is 0. The van der Waals surface area contributed by atoms with E-state index in [2.05, 4.69) is 78.6 Å². The number of carbonyl (C=O) groups is 1. The van der Waals surface area contributed by atoms with Gasteiger partial charge in [-0.1, -0.05) is 0 Å². The molecule has 1 aliphatic heterocycles. The fourth-order valence-electron chi connectivity index (χ4n) is 2.88. The van der Waals surface area contributed by atoms with Gasteiger partial charge in [-0.15, -0.1) is 0 Å². The summed E-state index contributed by atoms with van der Waals surface area (Å²) in [4.78, 5) is 12.8. The number of hydrogen-bond donors (Lipinski definition) is 0. The van der Waals surface area contributed by atoms with Gasteiger partial charge in [0.25, 0.3) is 0 Å². The van der Waals surface area contributed by atoms with Gasteiger partial charge in [0, 0.05) is 0 Å². The Morgan fingerprint density at radius 1 is 0.786 bits per heavy atom. The molecule has 0 aromatic heterocycles. The lowest BCUT2D eigenvalue weighted by atomic mass is 10.1. The van der Waals surface area contributed by atoms with Crippen LogP contribution >= 0.6 is 0 Å². The third kappa shape index (κ3) is 9.79. The molecule has 0 amide bonds. The van der Waals surface area contributed by atoms with Gasteiger partial charge in [0.1, 0.15) is 12.2 Å². The smallest absolute Gasteiger partial charge is 0.337 e. The number of cyclic esters (lactones) is 1. The van der Waals surface area contributed by atoms with E-state index in [0.29, 0.717) is 6.61 Å². The zero-order valence-corrected chi connectivity index (χ0v) is 24.0. The fraction of sp³-hybridized carbons (Fsp3) is 0.944. The third-order valence-electron chi connectivity index (χ3n) is 3.63. The molecule has 1 rings (SSSR count). The molecular formula is C18H42O6Si4. The first-order valence-electron chi connectivity index (χ1n) is 10.2. The van der Waals surface area contributed by atoms with Gasteiger partial charge in [0.2, 0.25) is 0 Å². The highest BCUT2D eigenvalue weighted by Gasteiger charge is 2.53. The molecule has 4 atom stereocenters. The number of carbonyl (C=O) groups excluding carboxylic acids is 1. The molecule has 6 nitrogen and oxygen atoms in total. The maximum absolute atomic E-state index is 12.8. The molecule has 0 radical (unpaired) electrons. The molecule has 0 bridgehead atoms.